The Bertz CT molecular complexity index is 859. The molecule has 1 aliphatic rings. The van der Waals surface area contributed by atoms with Crippen LogP contribution in [0.1, 0.15) is 39.9 Å². The number of nitriles is 1. The van der Waals surface area contributed by atoms with E-state index in [1.165, 1.54) is 12.8 Å². The van der Waals surface area contributed by atoms with Crippen LogP contribution < -0.4 is 4.74 Å². The maximum atomic E-state index is 12.6. The molecule has 0 radical (unpaired) electrons. The quantitative estimate of drug-likeness (QED) is 0.585. The lowest BCUT2D eigenvalue weighted by molar-refractivity contribution is 0.104. The third-order valence-electron chi connectivity index (χ3n) is 4.60. The molecule has 2 aromatic carbocycles. The van der Waals surface area contributed by atoms with Gasteiger partial charge in [-0.3, -0.25) is 9.69 Å². The number of methoxy groups -OCH3 is 1. The Morgan fingerprint density at radius 2 is 2.04 bits per heavy atom. The van der Waals surface area contributed by atoms with Crippen LogP contribution in [0.3, 0.4) is 0 Å². The standard InChI is InChI=1S/C22H22N2O2/c1-26-22-10-8-19(14-20(22)16-24-11-2-3-12-24)21(25)9-7-17-5-4-6-18(13-17)15-23/h4-10,13-14H,2-3,11-12,16H2,1H3/b9-7+. The molecule has 4 nitrogen and oxygen atoms in total. The number of ether oxygens (including phenoxy) is 1. The highest BCUT2D eigenvalue weighted by Gasteiger charge is 2.15. The molecule has 2 aromatic rings. The summed E-state index contributed by atoms with van der Waals surface area (Å²) in [6, 6.07) is 14.9. The summed E-state index contributed by atoms with van der Waals surface area (Å²) in [5.74, 6) is 0.761. The summed E-state index contributed by atoms with van der Waals surface area (Å²) >= 11 is 0. The molecule has 1 heterocycles. The van der Waals surface area contributed by atoms with Crippen molar-refractivity contribution in [1.29, 1.82) is 5.26 Å². The van der Waals surface area contributed by atoms with Crippen LogP contribution in [0.15, 0.2) is 48.5 Å². The van der Waals surface area contributed by atoms with Crippen LogP contribution in [0.5, 0.6) is 5.75 Å². The Morgan fingerprint density at radius 3 is 2.77 bits per heavy atom. The summed E-state index contributed by atoms with van der Waals surface area (Å²) in [7, 11) is 1.66. The van der Waals surface area contributed by atoms with Gasteiger partial charge in [-0.25, -0.2) is 0 Å². The monoisotopic (exact) mass is 346 g/mol. The van der Waals surface area contributed by atoms with E-state index in [1.807, 2.05) is 24.3 Å². The van der Waals surface area contributed by atoms with Gasteiger partial charge in [-0.2, -0.15) is 5.26 Å². The molecule has 1 fully saturated rings. The van der Waals surface area contributed by atoms with E-state index < -0.39 is 0 Å². The van der Waals surface area contributed by atoms with E-state index in [9.17, 15) is 4.79 Å². The number of nitrogens with zero attached hydrogens (tertiary/aromatic N) is 2. The van der Waals surface area contributed by atoms with Crippen molar-refractivity contribution in [2.45, 2.75) is 19.4 Å². The van der Waals surface area contributed by atoms with E-state index in [2.05, 4.69) is 11.0 Å². The van der Waals surface area contributed by atoms with Gasteiger partial charge in [0.25, 0.3) is 0 Å². The van der Waals surface area contributed by atoms with Crippen LogP contribution in [0, 0.1) is 11.3 Å². The molecule has 0 N–H and O–H groups in total. The van der Waals surface area contributed by atoms with E-state index in [0.717, 1.165) is 36.5 Å². The van der Waals surface area contributed by atoms with Crippen molar-refractivity contribution in [2.75, 3.05) is 20.2 Å². The van der Waals surface area contributed by atoms with Gasteiger partial charge in [-0.15, -0.1) is 0 Å². The molecule has 0 unspecified atom stereocenters. The molecule has 132 valence electrons. The van der Waals surface area contributed by atoms with Crippen LogP contribution in [0.25, 0.3) is 6.08 Å². The third-order valence-corrected chi connectivity index (χ3v) is 4.60. The van der Waals surface area contributed by atoms with Gasteiger partial charge in [0, 0.05) is 17.7 Å². The fraction of sp³-hybridized carbons (Fsp3) is 0.273. The highest BCUT2D eigenvalue weighted by Crippen LogP contribution is 2.24. The number of carbonyl (C=O) groups is 1. The smallest absolute Gasteiger partial charge is 0.185 e. The normalized spacial score (nSPS) is 14.5. The van der Waals surface area contributed by atoms with Crippen LogP contribution in [0.4, 0.5) is 0 Å². The minimum atomic E-state index is -0.0577. The van der Waals surface area contributed by atoms with Crippen molar-refractivity contribution in [1.82, 2.24) is 4.90 Å². The van der Waals surface area contributed by atoms with Crippen LogP contribution >= 0.6 is 0 Å². The molecule has 4 heteroatoms. The fourth-order valence-electron chi connectivity index (χ4n) is 3.22. The first-order valence-corrected chi connectivity index (χ1v) is 8.81. The Morgan fingerprint density at radius 1 is 1.23 bits per heavy atom. The van der Waals surface area contributed by atoms with Crippen molar-refractivity contribution >= 4 is 11.9 Å². The van der Waals surface area contributed by atoms with Gasteiger partial charge in [0.05, 0.1) is 18.7 Å². The van der Waals surface area contributed by atoms with Crippen molar-refractivity contribution in [3.8, 4) is 11.8 Å². The van der Waals surface area contributed by atoms with Crippen molar-refractivity contribution in [3.05, 3.63) is 70.8 Å². The third kappa shape index (κ3) is 4.38. The van der Waals surface area contributed by atoms with Crippen LogP contribution in [-0.4, -0.2) is 30.9 Å². The van der Waals surface area contributed by atoms with Gasteiger partial charge in [0.2, 0.25) is 0 Å². The second-order valence-corrected chi connectivity index (χ2v) is 6.44. The maximum absolute atomic E-state index is 12.6. The summed E-state index contributed by atoms with van der Waals surface area (Å²) < 4.78 is 5.46. The van der Waals surface area contributed by atoms with Crippen molar-refractivity contribution in [2.24, 2.45) is 0 Å². The number of hydrogen-bond donors (Lipinski definition) is 0. The van der Waals surface area contributed by atoms with E-state index in [4.69, 9.17) is 10.00 Å². The zero-order valence-electron chi connectivity index (χ0n) is 14.9. The molecule has 1 aliphatic heterocycles. The molecule has 0 aliphatic carbocycles. The zero-order valence-corrected chi connectivity index (χ0v) is 14.9. The Hall–Kier alpha value is -2.90. The molecule has 3 rings (SSSR count). The minimum absolute atomic E-state index is 0.0577. The molecular formula is C22H22N2O2. The lowest BCUT2D eigenvalue weighted by Crippen LogP contribution is -2.19. The summed E-state index contributed by atoms with van der Waals surface area (Å²) in [4.78, 5) is 14.9. The van der Waals surface area contributed by atoms with Gasteiger partial charge in [0.1, 0.15) is 5.75 Å². The predicted molar refractivity (Wildman–Crippen MR) is 102 cm³/mol. The van der Waals surface area contributed by atoms with Crippen molar-refractivity contribution < 1.29 is 9.53 Å². The van der Waals surface area contributed by atoms with Crippen LogP contribution in [-0.2, 0) is 6.54 Å². The van der Waals surface area contributed by atoms with Crippen molar-refractivity contribution in [3.63, 3.8) is 0 Å². The van der Waals surface area contributed by atoms with Gasteiger partial charge in [-0.1, -0.05) is 18.2 Å². The first kappa shape index (κ1) is 17.9. The molecular weight excluding hydrogens is 324 g/mol. The molecule has 0 spiro atoms. The second kappa shape index (κ2) is 8.46. The molecule has 0 atom stereocenters. The first-order chi connectivity index (χ1) is 12.7. The number of rotatable bonds is 6. The van der Waals surface area contributed by atoms with Gasteiger partial charge in [0.15, 0.2) is 5.78 Å². The molecule has 0 saturated carbocycles. The first-order valence-electron chi connectivity index (χ1n) is 8.81. The summed E-state index contributed by atoms with van der Waals surface area (Å²) in [6.45, 7) is 2.99. The molecule has 1 saturated heterocycles. The average molecular weight is 346 g/mol. The SMILES string of the molecule is COc1ccc(C(=O)/C=C/c2cccc(C#N)c2)cc1CN1CCCC1. The number of allylic oxidation sites excluding steroid dienone is 1. The Kier molecular flexibility index (Phi) is 5.83. The van der Waals surface area contributed by atoms with Gasteiger partial charge >= 0.3 is 0 Å². The van der Waals surface area contributed by atoms with Gasteiger partial charge < -0.3 is 4.74 Å². The van der Waals surface area contributed by atoms with E-state index in [-0.39, 0.29) is 5.78 Å². The summed E-state index contributed by atoms with van der Waals surface area (Å²) in [5.41, 5.74) is 3.10. The minimum Gasteiger partial charge on any atom is -0.496 e. The molecule has 26 heavy (non-hydrogen) atoms. The van der Waals surface area contributed by atoms with E-state index in [0.29, 0.717) is 11.1 Å². The maximum Gasteiger partial charge on any atom is 0.185 e. The lowest BCUT2D eigenvalue weighted by Gasteiger charge is -2.17. The Balaban J connectivity index is 1.77. The zero-order chi connectivity index (χ0) is 18.4. The number of ketones is 1. The van der Waals surface area contributed by atoms with E-state index in [1.54, 1.807) is 37.5 Å². The van der Waals surface area contributed by atoms with Gasteiger partial charge in [-0.05, 0) is 67.9 Å². The topological polar surface area (TPSA) is 53.3 Å². The summed E-state index contributed by atoms with van der Waals surface area (Å²) in [6.07, 6.45) is 5.75. The molecule has 0 aromatic heterocycles. The highest BCUT2D eigenvalue weighted by molar-refractivity contribution is 6.07. The number of likely N-dealkylation sites (tertiary alicyclic amines) is 1. The lowest BCUT2D eigenvalue weighted by atomic mass is 10.0. The fourth-order valence-corrected chi connectivity index (χ4v) is 3.22. The van der Waals surface area contributed by atoms with E-state index >= 15 is 0 Å². The predicted octanol–water partition coefficient (Wildman–Crippen LogP) is 4.06. The summed E-state index contributed by atoms with van der Waals surface area (Å²) in [5, 5.41) is 8.96. The Labute approximate surface area is 154 Å². The highest BCUT2D eigenvalue weighted by atomic mass is 16.5. The number of carbonyl (C=O) groups excluding carboxylic acids is 1. The average Bonchev–Trinajstić information content (AvgIpc) is 3.19. The largest absolute Gasteiger partial charge is 0.496 e. The van der Waals surface area contributed by atoms with Crippen LogP contribution in [0.2, 0.25) is 0 Å². The molecule has 0 bridgehead atoms. The number of benzene rings is 2. The number of hydrogen-bond acceptors (Lipinski definition) is 4. The molecule has 0 amide bonds. The second-order valence-electron chi connectivity index (χ2n) is 6.44.